The highest BCUT2D eigenvalue weighted by Crippen LogP contribution is 2.28. The predicted molar refractivity (Wildman–Crippen MR) is 97.0 cm³/mol. The molecule has 132 valence electrons. The molecule has 1 aliphatic carbocycles. The number of H-pyrrole nitrogens is 1. The molecule has 0 spiro atoms. The van der Waals surface area contributed by atoms with Gasteiger partial charge in [0.05, 0.1) is 18.2 Å². The number of fused-ring (bicyclic) bond motifs is 1. The van der Waals surface area contributed by atoms with Gasteiger partial charge in [-0.1, -0.05) is 19.3 Å². The number of aromatic amines is 1. The summed E-state index contributed by atoms with van der Waals surface area (Å²) in [4.78, 5) is 21.4. The molecule has 0 aliphatic heterocycles. The molecule has 1 saturated carbocycles. The highest BCUT2D eigenvalue weighted by molar-refractivity contribution is 7.88. The molecule has 1 fully saturated rings. The summed E-state index contributed by atoms with van der Waals surface area (Å²) in [6, 6.07) is 0.00144. The van der Waals surface area contributed by atoms with Crippen LogP contribution in [0.2, 0.25) is 0 Å². The molecular formula is C16H23N3O3S2. The largest absolute Gasteiger partial charge is 0.309 e. The van der Waals surface area contributed by atoms with E-state index in [0.29, 0.717) is 16.0 Å². The van der Waals surface area contributed by atoms with Gasteiger partial charge < -0.3 is 4.98 Å². The van der Waals surface area contributed by atoms with Gasteiger partial charge in [0, 0.05) is 10.9 Å². The van der Waals surface area contributed by atoms with Crippen LogP contribution in [0.1, 0.15) is 48.4 Å². The SMILES string of the molecule is Cc1sc2nc(CN(C3CCCCC3)S(C)(=O)=O)[nH]c(=O)c2c1C. The van der Waals surface area contributed by atoms with Gasteiger partial charge in [-0.2, -0.15) is 4.31 Å². The van der Waals surface area contributed by atoms with Crippen molar-refractivity contribution in [3.63, 3.8) is 0 Å². The van der Waals surface area contributed by atoms with Crippen molar-refractivity contribution >= 4 is 31.6 Å². The number of nitrogens with one attached hydrogen (secondary N) is 1. The van der Waals surface area contributed by atoms with E-state index in [1.165, 1.54) is 21.9 Å². The molecule has 0 bridgehead atoms. The van der Waals surface area contributed by atoms with Gasteiger partial charge in [-0.15, -0.1) is 11.3 Å². The van der Waals surface area contributed by atoms with Crippen molar-refractivity contribution in [2.24, 2.45) is 0 Å². The average Bonchev–Trinajstić information content (AvgIpc) is 2.79. The number of hydrogen-bond donors (Lipinski definition) is 1. The standard InChI is InChI=1S/C16H23N3O3S2/c1-10-11(2)23-16-14(10)15(20)17-13(18-16)9-19(24(3,21)22)12-7-5-4-6-8-12/h12H,4-9H2,1-3H3,(H,17,18,20). The molecule has 1 aliphatic rings. The van der Waals surface area contributed by atoms with Gasteiger partial charge in [-0.3, -0.25) is 4.79 Å². The molecule has 0 radical (unpaired) electrons. The number of hydrogen-bond acceptors (Lipinski definition) is 5. The molecule has 2 aromatic heterocycles. The van der Waals surface area contributed by atoms with Crippen LogP contribution in [-0.4, -0.2) is 35.0 Å². The molecule has 0 atom stereocenters. The van der Waals surface area contributed by atoms with Gasteiger partial charge in [-0.25, -0.2) is 13.4 Å². The lowest BCUT2D eigenvalue weighted by Gasteiger charge is -2.31. The topological polar surface area (TPSA) is 83.1 Å². The predicted octanol–water partition coefficient (Wildman–Crippen LogP) is 2.70. The van der Waals surface area contributed by atoms with Crippen molar-refractivity contribution in [2.75, 3.05) is 6.26 Å². The minimum atomic E-state index is -3.36. The Kier molecular flexibility index (Phi) is 4.81. The monoisotopic (exact) mass is 369 g/mol. The summed E-state index contributed by atoms with van der Waals surface area (Å²) in [7, 11) is -3.36. The van der Waals surface area contributed by atoms with E-state index in [1.54, 1.807) is 0 Å². The van der Waals surface area contributed by atoms with Crippen LogP contribution in [0.25, 0.3) is 10.2 Å². The Balaban J connectivity index is 1.98. The number of thiophene rings is 1. The molecule has 2 aromatic rings. The zero-order chi connectivity index (χ0) is 17.5. The van der Waals surface area contributed by atoms with E-state index in [-0.39, 0.29) is 18.1 Å². The van der Waals surface area contributed by atoms with Gasteiger partial charge in [-0.05, 0) is 32.3 Å². The molecule has 0 amide bonds. The third kappa shape index (κ3) is 3.41. The lowest BCUT2D eigenvalue weighted by molar-refractivity contribution is 0.245. The van der Waals surface area contributed by atoms with Crippen LogP contribution in [0.5, 0.6) is 0 Å². The first-order valence-corrected chi connectivity index (χ1v) is 10.9. The van der Waals surface area contributed by atoms with Gasteiger partial charge in [0.2, 0.25) is 10.0 Å². The summed E-state index contributed by atoms with van der Waals surface area (Å²) in [5, 5.41) is 0.616. The van der Waals surface area contributed by atoms with E-state index >= 15 is 0 Å². The lowest BCUT2D eigenvalue weighted by atomic mass is 9.95. The van der Waals surface area contributed by atoms with E-state index < -0.39 is 10.0 Å². The second-order valence-corrected chi connectivity index (χ2v) is 9.71. The van der Waals surface area contributed by atoms with E-state index in [1.807, 2.05) is 13.8 Å². The number of sulfonamides is 1. The Morgan fingerprint density at radius 3 is 2.54 bits per heavy atom. The van der Waals surface area contributed by atoms with Crippen molar-refractivity contribution in [2.45, 2.75) is 58.5 Å². The molecule has 0 unspecified atom stereocenters. The molecule has 8 heteroatoms. The molecule has 1 N–H and O–H groups in total. The van der Waals surface area contributed by atoms with Crippen molar-refractivity contribution in [1.29, 1.82) is 0 Å². The third-order valence-electron chi connectivity index (χ3n) is 4.80. The van der Waals surface area contributed by atoms with Crippen molar-refractivity contribution in [3.05, 3.63) is 26.6 Å². The highest BCUT2D eigenvalue weighted by Gasteiger charge is 2.29. The maximum absolute atomic E-state index is 12.4. The number of rotatable bonds is 4. The Morgan fingerprint density at radius 1 is 1.25 bits per heavy atom. The number of aromatic nitrogens is 2. The summed E-state index contributed by atoms with van der Waals surface area (Å²) in [6.45, 7) is 4.01. The normalized spacial score (nSPS) is 17.0. The summed E-state index contributed by atoms with van der Waals surface area (Å²) in [5.41, 5.74) is 0.761. The fraction of sp³-hybridized carbons (Fsp3) is 0.625. The minimum Gasteiger partial charge on any atom is -0.309 e. The summed E-state index contributed by atoms with van der Waals surface area (Å²) < 4.78 is 26.0. The zero-order valence-electron chi connectivity index (χ0n) is 14.3. The number of aryl methyl sites for hydroxylation is 2. The molecule has 2 heterocycles. The Hall–Kier alpha value is -1.25. The van der Waals surface area contributed by atoms with Crippen LogP contribution in [0.15, 0.2) is 4.79 Å². The molecular weight excluding hydrogens is 346 g/mol. The summed E-state index contributed by atoms with van der Waals surface area (Å²) in [5.74, 6) is 0.421. The van der Waals surface area contributed by atoms with Crippen molar-refractivity contribution in [1.82, 2.24) is 14.3 Å². The smallest absolute Gasteiger partial charge is 0.259 e. The maximum atomic E-state index is 12.4. The Labute approximate surface area is 146 Å². The second-order valence-electron chi connectivity index (χ2n) is 6.58. The Morgan fingerprint density at radius 2 is 1.92 bits per heavy atom. The molecule has 0 aromatic carbocycles. The zero-order valence-corrected chi connectivity index (χ0v) is 15.9. The van der Waals surface area contributed by atoms with Crippen LogP contribution in [0.4, 0.5) is 0 Å². The molecule has 0 saturated heterocycles. The first-order chi connectivity index (χ1) is 11.3. The lowest BCUT2D eigenvalue weighted by Crippen LogP contribution is -2.41. The van der Waals surface area contributed by atoms with Crippen LogP contribution < -0.4 is 5.56 Å². The third-order valence-corrected chi connectivity index (χ3v) is 7.18. The minimum absolute atomic E-state index is 0.00144. The molecule has 24 heavy (non-hydrogen) atoms. The summed E-state index contributed by atoms with van der Waals surface area (Å²) in [6.07, 6.45) is 6.22. The van der Waals surface area contributed by atoms with E-state index in [9.17, 15) is 13.2 Å². The molecule has 6 nitrogen and oxygen atoms in total. The van der Waals surface area contributed by atoms with Crippen LogP contribution in [0, 0.1) is 13.8 Å². The van der Waals surface area contributed by atoms with Crippen molar-refractivity contribution in [3.8, 4) is 0 Å². The van der Waals surface area contributed by atoms with E-state index in [2.05, 4.69) is 9.97 Å². The van der Waals surface area contributed by atoms with Crippen LogP contribution >= 0.6 is 11.3 Å². The first-order valence-electron chi connectivity index (χ1n) is 8.23. The van der Waals surface area contributed by atoms with E-state index in [0.717, 1.165) is 42.5 Å². The fourth-order valence-electron chi connectivity index (χ4n) is 3.41. The second kappa shape index (κ2) is 6.57. The van der Waals surface area contributed by atoms with Gasteiger partial charge in [0.1, 0.15) is 10.7 Å². The Bertz CT molecular complexity index is 909. The van der Waals surface area contributed by atoms with Gasteiger partial charge >= 0.3 is 0 Å². The number of nitrogens with zero attached hydrogens (tertiary/aromatic N) is 2. The van der Waals surface area contributed by atoms with Gasteiger partial charge in [0.15, 0.2) is 0 Å². The van der Waals surface area contributed by atoms with E-state index in [4.69, 9.17) is 0 Å². The highest BCUT2D eigenvalue weighted by atomic mass is 32.2. The quantitative estimate of drug-likeness (QED) is 0.898. The maximum Gasteiger partial charge on any atom is 0.259 e. The van der Waals surface area contributed by atoms with Crippen LogP contribution in [-0.2, 0) is 16.6 Å². The van der Waals surface area contributed by atoms with Gasteiger partial charge in [0.25, 0.3) is 5.56 Å². The average molecular weight is 370 g/mol. The summed E-state index contributed by atoms with van der Waals surface area (Å²) >= 11 is 1.48. The molecule has 3 rings (SSSR count). The fourth-order valence-corrected chi connectivity index (χ4v) is 5.57. The van der Waals surface area contributed by atoms with Crippen LogP contribution in [0.3, 0.4) is 0 Å². The first kappa shape index (κ1) is 17.6. The van der Waals surface area contributed by atoms with Crippen molar-refractivity contribution < 1.29 is 8.42 Å².